The van der Waals surface area contributed by atoms with E-state index >= 15 is 0 Å². The van der Waals surface area contributed by atoms with Crippen LogP contribution in [-0.4, -0.2) is 60.2 Å². The first kappa shape index (κ1) is 22.9. The number of benzene rings is 1. The van der Waals surface area contributed by atoms with Gasteiger partial charge in [-0.3, -0.25) is 15.1 Å². The summed E-state index contributed by atoms with van der Waals surface area (Å²) < 4.78 is 5.76. The van der Waals surface area contributed by atoms with Gasteiger partial charge < -0.3 is 19.7 Å². The highest BCUT2D eigenvalue weighted by Crippen LogP contribution is 2.16. The van der Waals surface area contributed by atoms with E-state index in [1.54, 1.807) is 23.9 Å². The van der Waals surface area contributed by atoms with Crippen LogP contribution >= 0.6 is 11.8 Å². The van der Waals surface area contributed by atoms with E-state index in [0.29, 0.717) is 6.54 Å². The molecule has 0 saturated heterocycles. The number of amidine groups is 1. The Labute approximate surface area is 175 Å². The van der Waals surface area contributed by atoms with Crippen LogP contribution in [0.25, 0.3) is 0 Å². The number of nitrogens with zero attached hydrogens (tertiary/aromatic N) is 3. The monoisotopic (exact) mass is 420 g/mol. The Morgan fingerprint density at radius 2 is 2.00 bits per heavy atom. The molecule has 0 bridgehead atoms. The molecule has 2 aromatic rings. The van der Waals surface area contributed by atoms with Crippen molar-refractivity contribution in [2.24, 2.45) is 4.99 Å². The summed E-state index contributed by atoms with van der Waals surface area (Å²) in [7, 11) is 3.98. The highest BCUT2D eigenvalue weighted by atomic mass is 32.2. The Morgan fingerprint density at radius 3 is 2.69 bits per heavy atom. The van der Waals surface area contributed by atoms with Crippen LogP contribution in [0.4, 0.5) is 0 Å². The largest absolute Gasteiger partial charge is 0.464 e. The zero-order valence-corrected chi connectivity index (χ0v) is 17.6. The molecule has 1 aromatic carbocycles. The van der Waals surface area contributed by atoms with Crippen LogP contribution in [0.15, 0.2) is 51.9 Å². The molecule has 8 nitrogen and oxygen atoms in total. The molecule has 29 heavy (non-hydrogen) atoms. The second-order valence-corrected chi connectivity index (χ2v) is 7.90. The lowest BCUT2D eigenvalue weighted by Crippen LogP contribution is -2.32. The van der Waals surface area contributed by atoms with Crippen molar-refractivity contribution in [3.8, 4) is 0 Å². The zero-order valence-electron chi connectivity index (χ0n) is 16.8. The van der Waals surface area contributed by atoms with Crippen molar-refractivity contribution in [3.05, 3.63) is 69.7 Å². The second kappa shape index (κ2) is 12.3. The summed E-state index contributed by atoms with van der Waals surface area (Å²) in [5.74, 6) is 3.61. The van der Waals surface area contributed by atoms with Crippen molar-refractivity contribution in [2.45, 2.75) is 18.4 Å². The third-order valence-electron chi connectivity index (χ3n) is 3.93. The summed E-state index contributed by atoms with van der Waals surface area (Å²) in [5, 5.41) is 24.1. The summed E-state index contributed by atoms with van der Waals surface area (Å²) in [5.41, 5.74) is 0.736. The molecule has 0 radical (unpaired) electrons. The molecule has 0 aliphatic rings. The van der Waals surface area contributed by atoms with Crippen molar-refractivity contribution in [3.63, 3.8) is 0 Å². The maximum Gasteiger partial charge on any atom is 0.259 e. The van der Waals surface area contributed by atoms with Gasteiger partial charge in [0.05, 0.1) is 24.9 Å². The number of aliphatic hydroxyl groups is 1. The van der Waals surface area contributed by atoms with Gasteiger partial charge in [-0.05, 0) is 31.8 Å². The minimum atomic E-state index is -0.788. The number of hydrogen-bond acceptors (Lipinski definition) is 7. The zero-order chi connectivity index (χ0) is 21.1. The summed E-state index contributed by atoms with van der Waals surface area (Å²) >= 11 is 1.68. The normalized spacial score (nSPS) is 12.9. The van der Waals surface area contributed by atoms with Crippen LogP contribution in [-0.2, 0) is 12.3 Å². The quantitative estimate of drug-likeness (QED) is 0.179. The number of furan rings is 1. The molecular weight excluding hydrogens is 392 g/mol. The van der Waals surface area contributed by atoms with Crippen LogP contribution < -0.4 is 5.32 Å². The van der Waals surface area contributed by atoms with Gasteiger partial charge >= 0.3 is 0 Å². The Morgan fingerprint density at radius 1 is 1.28 bits per heavy atom. The topological polar surface area (TPSA) is 104 Å². The molecule has 1 aromatic heterocycles. The van der Waals surface area contributed by atoms with Gasteiger partial charge in [-0.1, -0.05) is 30.3 Å². The highest BCUT2D eigenvalue weighted by Gasteiger charge is 2.11. The van der Waals surface area contributed by atoms with Crippen molar-refractivity contribution >= 4 is 17.6 Å². The summed E-state index contributed by atoms with van der Waals surface area (Å²) in [6.45, 7) is 0.998. The van der Waals surface area contributed by atoms with E-state index in [4.69, 9.17) is 4.42 Å². The lowest BCUT2D eigenvalue weighted by Gasteiger charge is -2.10. The standard InChI is InChI=1S/C20H28N4O4S/c1-23(2)13-17-8-9-18(28-17)15-29-11-10-21-20(14-24(26)27)22-12-19(25)16-6-4-3-5-7-16/h3-9,19,25H,10-15H2,1-2H3,(H,21,22). The fourth-order valence-corrected chi connectivity index (χ4v) is 3.35. The molecular formula is C20H28N4O4S. The molecule has 0 spiro atoms. The first-order valence-corrected chi connectivity index (χ1v) is 10.5. The first-order valence-electron chi connectivity index (χ1n) is 9.36. The number of aliphatic imine (C=N–C) groups is 1. The number of nitro groups is 1. The lowest BCUT2D eigenvalue weighted by molar-refractivity contribution is -0.463. The molecule has 1 atom stereocenters. The van der Waals surface area contributed by atoms with Gasteiger partial charge in [0.25, 0.3) is 6.54 Å². The average molecular weight is 421 g/mol. The van der Waals surface area contributed by atoms with E-state index in [2.05, 4.69) is 10.3 Å². The number of hydrogen-bond donors (Lipinski definition) is 2. The molecule has 158 valence electrons. The van der Waals surface area contributed by atoms with E-state index in [0.717, 1.165) is 35.1 Å². The second-order valence-electron chi connectivity index (χ2n) is 6.79. The first-order chi connectivity index (χ1) is 13.9. The highest BCUT2D eigenvalue weighted by molar-refractivity contribution is 7.98. The predicted molar refractivity (Wildman–Crippen MR) is 116 cm³/mol. The molecule has 0 saturated carbocycles. The van der Waals surface area contributed by atoms with Crippen molar-refractivity contribution in [1.82, 2.24) is 10.2 Å². The third-order valence-corrected chi connectivity index (χ3v) is 4.91. The van der Waals surface area contributed by atoms with Crippen molar-refractivity contribution in [2.75, 3.05) is 39.5 Å². The van der Waals surface area contributed by atoms with Crippen molar-refractivity contribution in [1.29, 1.82) is 0 Å². The van der Waals surface area contributed by atoms with E-state index in [1.807, 2.05) is 49.3 Å². The smallest absolute Gasteiger partial charge is 0.259 e. The van der Waals surface area contributed by atoms with E-state index in [9.17, 15) is 15.2 Å². The number of nitrogens with one attached hydrogen (secondary N) is 1. The minimum Gasteiger partial charge on any atom is -0.464 e. The molecule has 0 amide bonds. The third kappa shape index (κ3) is 9.12. The summed E-state index contributed by atoms with van der Waals surface area (Å²) in [6.07, 6.45) is -0.788. The Balaban J connectivity index is 1.75. The van der Waals surface area contributed by atoms with Crippen LogP contribution in [0, 0.1) is 10.1 Å². The maximum atomic E-state index is 10.9. The molecule has 2 rings (SSSR count). The Kier molecular flexibility index (Phi) is 9.69. The Bertz CT molecular complexity index is 780. The predicted octanol–water partition coefficient (Wildman–Crippen LogP) is 2.57. The molecule has 1 unspecified atom stereocenters. The fourth-order valence-electron chi connectivity index (χ4n) is 2.60. The SMILES string of the molecule is CN(C)Cc1ccc(CSCCNC(C[N+](=O)[O-])=NCC(O)c2ccccc2)o1. The van der Waals surface area contributed by atoms with Gasteiger partial charge in [-0.25, -0.2) is 0 Å². The summed E-state index contributed by atoms with van der Waals surface area (Å²) in [6, 6.07) is 13.1. The van der Waals surface area contributed by atoms with Gasteiger partial charge in [0.1, 0.15) is 11.5 Å². The van der Waals surface area contributed by atoms with Crippen molar-refractivity contribution < 1.29 is 14.4 Å². The number of thioether (sulfide) groups is 1. The van der Waals surface area contributed by atoms with E-state index in [-0.39, 0.29) is 12.4 Å². The molecule has 1 heterocycles. The summed E-state index contributed by atoms with van der Waals surface area (Å²) in [4.78, 5) is 16.7. The fraction of sp³-hybridized carbons (Fsp3) is 0.450. The van der Waals surface area contributed by atoms with E-state index in [1.165, 1.54) is 0 Å². The molecule has 0 fully saturated rings. The van der Waals surface area contributed by atoms with Crippen LogP contribution in [0.1, 0.15) is 23.2 Å². The Hall–Kier alpha value is -2.36. The van der Waals surface area contributed by atoms with E-state index < -0.39 is 17.6 Å². The van der Waals surface area contributed by atoms with Gasteiger partial charge in [0.2, 0.25) is 0 Å². The molecule has 0 aliphatic carbocycles. The molecule has 0 aliphatic heterocycles. The average Bonchev–Trinajstić information content (AvgIpc) is 3.12. The molecule has 2 N–H and O–H groups in total. The minimum absolute atomic E-state index is 0.0778. The van der Waals surface area contributed by atoms with Gasteiger partial charge in [-0.15, -0.1) is 0 Å². The maximum absolute atomic E-state index is 10.9. The number of aliphatic hydroxyl groups excluding tert-OH is 1. The van der Waals surface area contributed by atoms with Gasteiger partial charge in [-0.2, -0.15) is 11.8 Å². The van der Waals surface area contributed by atoms with Crippen LogP contribution in [0.2, 0.25) is 0 Å². The van der Waals surface area contributed by atoms with Gasteiger partial charge in [0.15, 0.2) is 5.84 Å². The lowest BCUT2D eigenvalue weighted by atomic mass is 10.1. The van der Waals surface area contributed by atoms with Gasteiger partial charge in [0, 0.05) is 17.2 Å². The number of rotatable bonds is 12. The van der Waals surface area contributed by atoms with Crippen LogP contribution in [0.5, 0.6) is 0 Å². The van der Waals surface area contributed by atoms with Crippen LogP contribution in [0.3, 0.4) is 0 Å². The molecule has 9 heteroatoms.